The quantitative estimate of drug-likeness (QED) is 0.765. The van der Waals surface area contributed by atoms with E-state index in [2.05, 4.69) is 4.98 Å². The lowest BCUT2D eigenvalue weighted by Gasteiger charge is -2.19. The number of carbonyl (C=O) groups is 2. The average Bonchev–Trinajstić information content (AvgIpc) is 2.76. The zero-order chi connectivity index (χ0) is 13.6. The van der Waals surface area contributed by atoms with E-state index in [0.29, 0.717) is 5.52 Å². The molecule has 3 rings (SSSR count). The largest absolute Gasteiger partial charge is 0.478 e. The monoisotopic (exact) mass is 258 g/mol. The Morgan fingerprint density at radius 1 is 1.37 bits per heavy atom. The third kappa shape index (κ3) is 1.69. The van der Waals surface area contributed by atoms with E-state index in [4.69, 9.17) is 5.73 Å². The molecule has 4 N–H and O–H groups in total. The van der Waals surface area contributed by atoms with Gasteiger partial charge in [-0.25, -0.2) is 4.79 Å². The molecule has 1 aromatic heterocycles. The number of fused-ring (bicyclic) bond motifs is 3. The van der Waals surface area contributed by atoms with E-state index in [1.807, 2.05) is 6.07 Å². The number of benzene rings is 1. The first-order valence-electron chi connectivity index (χ1n) is 6.25. The number of para-hydroxylation sites is 1. The van der Waals surface area contributed by atoms with Crippen LogP contribution in [-0.4, -0.2) is 22.0 Å². The highest BCUT2D eigenvalue weighted by Crippen LogP contribution is 2.36. The van der Waals surface area contributed by atoms with E-state index < -0.39 is 5.97 Å². The fraction of sp³-hybridized carbons (Fsp3) is 0.286. The first kappa shape index (κ1) is 11.8. The Kier molecular flexibility index (Phi) is 2.55. The Hall–Kier alpha value is -2.30. The van der Waals surface area contributed by atoms with Gasteiger partial charge in [-0.05, 0) is 30.9 Å². The molecule has 1 atom stereocenters. The van der Waals surface area contributed by atoms with Crippen molar-refractivity contribution in [2.45, 2.75) is 25.2 Å². The number of amides is 1. The molecule has 0 saturated heterocycles. The van der Waals surface area contributed by atoms with Gasteiger partial charge >= 0.3 is 5.97 Å². The number of carboxylic acid groups (broad SMARTS) is 1. The molecule has 1 aliphatic rings. The van der Waals surface area contributed by atoms with Crippen molar-refractivity contribution < 1.29 is 14.7 Å². The van der Waals surface area contributed by atoms with Crippen LogP contribution in [0.5, 0.6) is 0 Å². The minimum Gasteiger partial charge on any atom is -0.478 e. The highest BCUT2D eigenvalue weighted by Gasteiger charge is 2.29. The van der Waals surface area contributed by atoms with E-state index in [0.717, 1.165) is 35.9 Å². The van der Waals surface area contributed by atoms with Crippen LogP contribution in [0.1, 0.15) is 40.4 Å². The number of aromatic nitrogens is 1. The molecule has 0 spiro atoms. The summed E-state index contributed by atoms with van der Waals surface area (Å²) in [4.78, 5) is 25.8. The first-order valence-corrected chi connectivity index (χ1v) is 6.25. The number of aromatic amines is 1. The van der Waals surface area contributed by atoms with Crippen LogP contribution in [0.3, 0.4) is 0 Å². The van der Waals surface area contributed by atoms with Gasteiger partial charge in [0.05, 0.1) is 17.0 Å². The van der Waals surface area contributed by atoms with Gasteiger partial charge < -0.3 is 15.8 Å². The second-order valence-electron chi connectivity index (χ2n) is 4.90. The van der Waals surface area contributed by atoms with Crippen molar-refractivity contribution in [2.24, 2.45) is 5.73 Å². The molecule has 2 aromatic rings. The number of aryl methyl sites for hydroxylation is 1. The van der Waals surface area contributed by atoms with Crippen LogP contribution in [0, 0.1) is 0 Å². The van der Waals surface area contributed by atoms with Gasteiger partial charge in [-0.15, -0.1) is 0 Å². The third-order valence-corrected chi connectivity index (χ3v) is 3.82. The molecule has 0 bridgehead atoms. The molecule has 0 aliphatic heterocycles. The van der Waals surface area contributed by atoms with Gasteiger partial charge in [0.1, 0.15) is 0 Å². The molecule has 98 valence electrons. The fourth-order valence-electron chi connectivity index (χ4n) is 2.95. The Labute approximate surface area is 109 Å². The molecule has 19 heavy (non-hydrogen) atoms. The maximum Gasteiger partial charge on any atom is 0.337 e. The molecule has 1 aliphatic carbocycles. The SMILES string of the molecule is NC(=O)[C@@H]1CCCc2c1[nH]c1c(C(=O)O)cccc21. The van der Waals surface area contributed by atoms with Gasteiger partial charge in [0.15, 0.2) is 0 Å². The Morgan fingerprint density at radius 3 is 2.84 bits per heavy atom. The molecular formula is C14H14N2O3. The molecule has 0 unspecified atom stereocenters. The number of H-pyrrole nitrogens is 1. The van der Waals surface area contributed by atoms with Crippen molar-refractivity contribution >= 4 is 22.8 Å². The van der Waals surface area contributed by atoms with E-state index in [1.165, 1.54) is 0 Å². The molecule has 1 amide bonds. The number of aromatic carboxylic acids is 1. The number of carboxylic acids is 1. The van der Waals surface area contributed by atoms with E-state index in [9.17, 15) is 14.7 Å². The lowest BCUT2D eigenvalue weighted by atomic mass is 9.86. The molecule has 0 radical (unpaired) electrons. The Balaban J connectivity index is 2.29. The van der Waals surface area contributed by atoms with E-state index in [1.54, 1.807) is 12.1 Å². The second kappa shape index (κ2) is 4.12. The van der Waals surface area contributed by atoms with Crippen molar-refractivity contribution in [1.29, 1.82) is 0 Å². The normalized spacial score (nSPS) is 18.2. The van der Waals surface area contributed by atoms with Crippen LogP contribution >= 0.6 is 0 Å². The van der Waals surface area contributed by atoms with Gasteiger partial charge in [0.25, 0.3) is 0 Å². The van der Waals surface area contributed by atoms with E-state index >= 15 is 0 Å². The van der Waals surface area contributed by atoms with Gasteiger partial charge in [-0.1, -0.05) is 12.1 Å². The fourth-order valence-corrected chi connectivity index (χ4v) is 2.95. The molecule has 0 fully saturated rings. The molecule has 1 aromatic carbocycles. The lowest BCUT2D eigenvalue weighted by Crippen LogP contribution is -2.24. The first-order chi connectivity index (χ1) is 9.09. The Bertz CT molecular complexity index is 687. The summed E-state index contributed by atoms with van der Waals surface area (Å²) in [5.74, 6) is -1.66. The van der Waals surface area contributed by atoms with Crippen LogP contribution in [-0.2, 0) is 11.2 Å². The summed E-state index contributed by atoms with van der Waals surface area (Å²) in [5.41, 5.74) is 8.08. The predicted octanol–water partition coefficient (Wildman–Crippen LogP) is 1.77. The number of nitrogens with two attached hydrogens (primary N) is 1. The summed E-state index contributed by atoms with van der Waals surface area (Å²) in [7, 11) is 0. The van der Waals surface area contributed by atoms with Crippen LogP contribution in [0.15, 0.2) is 18.2 Å². The molecular weight excluding hydrogens is 244 g/mol. The number of hydrogen-bond donors (Lipinski definition) is 3. The number of hydrogen-bond acceptors (Lipinski definition) is 2. The maximum absolute atomic E-state index is 11.5. The van der Waals surface area contributed by atoms with Crippen molar-refractivity contribution in [3.8, 4) is 0 Å². The Morgan fingerprint density at radius 2 is 2.16 bits per heavy atom. The third-order valence-electron chi connectivity index (χ3n) is 3.82. The maximum atomic E-state index is 11.5. The van der Waals surface area contributed by atoms with E-state index in [-0.39, 0.29) is 17.4 Å². The van der Waals surface area contributed by atoms with Gasteiger partial charge in [-0.2, -0.15) is 0 Å². The average molecular weight is 258 g/mol. The number of carbonyl (C=O) groups excluding carboxylic acids is 1. The number of nitrogens with one attached hydrogen (secondary N) is 1. The summed E-state index contributed by atoms with van der Waals surface area (Å²) in [6, 6.07) is 5.18. The van der Waals surface area contributed by atoms with Gasteiger partial charge in [-0.3, -0.25) is 4.79 Å². The lowest BCUT2D eigenvalue weighted by molar-refractivity contribution is -0.119. The van der Waals surface area contributed by atoms with Crippen molar-refractivity contribution in [2.75, 3.05) is 0 Å². The van der Waals surface area contributed by atoms with Crippen LogP contribution < -0.4 is 5.73 Å². The minimum atomic E-state index is -0.972. The van der Waals surface area contributed by atoms with Crippen molar-refractivity contribution in [1.82, 2.24) is 4.98 Å². The summed E-state index contributed by atoms with van der Waals surface area (Å²) < 4.78 is 0. The van der Waals surface area contributed by atoms with Crippen LogP contribution in [0.4, 0.5) is 0 Å². The summed E-state index contributed by atoms with van der Waals surface area (Å²) in [6.07, 6.45) is 2.46. The molecule has 1 heterocycles. The standard InChI is InChI=1S/C14H14N2O3/c15-13(17)9-5-1-3-7-8-4-2-6-10(14(18)19)12(8)16-11(7)9/h2,4,6,9,16H,1,3,5H2,(H2,15,17)(H,18,19)/t9-/m1/s1. The molecule has 5 heteroatoms. The van der Waals surface area contributed by atoms with Crippen molar-refractivity contribution in [3.63, 3.8) is 0 Å². The topological polar surface area (TPSA) is 96.2 Å². The summed E-state index contributed by atoms with van der Waals surface area (Å²) in [6.45, 7) is 0. The molecule has 5 nitrogen and oxygen atoms in total. The van der Waals surface area contributed by atoms with Crippen LogP contribution in [0.2, 0.25) is 0 Å². The highest BCUT2D eigenvalue weighted by atomic mass is 16.4. The zero-order valence-electron chi connectivity index (χ0n) is 10.3. The second-order valence-corrected chi connectivity index (χ2v) is 4.90. The summed E-state index contributed by atoms with van der Waals surface area (Å²) in [5, 5.41) is 10.1. The number of rotatable bonds is 2. The van der Waals surface area contributed by atoms with Gasteiger partial charge in [0, 0.05) is 11.1 Å². The summed E-state index contributed by atoms with van der Waals surface area (Å²) >= 11 is 0. The zero-order valence-corrected chi connectivity index (χ0v) is 10.3. The predicted molar refractivity (Wildman–Crippen MR) is 70.1 cm³/mol. The smallest absolute Gasteiger partial charge is 0.337 e. The minimum absolute atomic E-state index is 0.232. The van der Waals surface area contributed by atoms with Gasteiger partial charge in [0.2, 0.25) is 5.91 Å². The molecule has 0 saturated carbocycles. The van der Waals surface area contributed by atoms with Crippen molar-refractivity contribution in [3.05, 3.63) is 35.0 Å². The number of primary amides is 1. The highest BCUT2D eigenvalue weighted by molar-refractivity contribution is 6.04. The van der Waals surface area contributed by atoms with Crippen LogP contribution in [0.25, 0.3) is 10.9 Å².